The first kappa shape index (κ1) is 19.1. The zero-order chi connectivity index (χ0) is 20.9. The molecule has 2 aliphatic rings. The number of hydrogen-bond acceptors (Lipinski definition) is 5. The number of rotatable bonds is 3. The first-order valence-electron chi connectivity index (χ1n) is 9.08. The van der Waals surface area contributed by atoms with Crippen molar-refractivity contribution in [2.75, 3.05) is 5.32 Å². The normalized spacial score (nSPS) is 22.4. The maximum absolute atomic E-state index is 13.0. The number of H-pyrrole nitrogens is 2. The zero-order valence-electron chi connectivity index (χ0n) is 15.7. The van der Waals surface area contributed by atoms with Gasteiger partial charge in [-0.25, -0.2) is 4.79 Å². The lowest BCUT2D eigenvalue weighted by atomic mass is 9.67. The third kappa shape index (κ3) is 3.48. The van der Waals surface area contributed by atoms with Crippen molar-refractivity contribution in [3.05, 3.63) is 68.0 Å². The van der Waals surface area contributed by atoms with Crippen LogP contribution in [-0.4, -0.2) is 22.4 Å². The number of allylic oxidation sites excluding steroid dienone is 2. The molecule has 3 N–H and O–H groups in total. The molecule has 0 saturated heterocycles. The fraction of sp³-hybridized carbons (Fsp3) is 0.350. The second kappa shape index (κ2) is 6.68. The van der Waals surface area contributed by atoms with E-state index in [0.717, 1.165) is 0 Å². The SMILES string of the molecule is CC1(C)C=C2Nc3[nH]c(=O)[nH]c(=O)c3C(c3ccc(OC(F)F)cc3)C2C(=O)C1. The molecule has 1 aliphatic carbocycles. The number of alkyl halides is 2. The molecule has 152 valence electrons. The first-order valence-corrected chi connectivity index (χ1v) is 9.08. The van der Waals surface area contributed by atoms with E-state index in [1.165, 1.54) is 12.1 Å². The van der Waals surface area contributed by atoms with Crippen LogP contribution in [-0.2, 0) is 4.79 Å². The monoisotopic (exact) mass is 403 g/mol. The Morgan fingerprint density at radius 1 is 1.07 bits per heavy atom. The van der Waals surface area contributed by atoms with Crippen molar-refractivity contribution >= 4 is 11.6 Å². The van der Waals surface area contributed by atoms with Crippen LogP contribution in [0, 0.1) is 11.3 Å². The molecule has 7 nitrogen and oxygen atoms in total. The van der Waals surface area contributed by atoms with Gasteiger partial charge >= 0.3 is 12.3 Å². The maximum Gasteiger partial charge on any atom is 0.387 e. The zero-order valence-corrected chi connectivity index (χ0v) is 15.7. The third-order valence-corrected chi connectivity index (χ3v) is 5.22. The molecule has 29 heavy (non-hydrogen) atoms. The molecule has 0 radical (unpaired) electrons. The standard InChI is InChI=1S/C20H19F2N3O4/c1-20(2)7-11-14(12(26)8-20)13(9-3-5-10(6-4-9)29-18(21)22)15-16(23-11)24-19(28)25-17(15)27/h3-7,13-14,18H,8H2,1-2H3,(H3,23,24,25,27,28). The summed E-state index contributed by atoms with van der Waals surface area (Å²) in [4.78, 5) is 42.2. The number of ether oxygens (including phenoxy) is 1. The molecule has 0 spiro atoms. The number of carbonyl (C=O) groups is 1. The molecule has 1 aromatic carbocycles. The molecule has 2 atom stereocenters. The molecule has 0 saturated carbocycles. The first-order chi connectivity index (χ1) is 13.6. The predicted octanol–water partition coefficient (Wildman–Crippen LogP) is 2.72. The molecular formula is C20H19F2N3O4. The minimum Gasteiger partial charge on any atom is -0.435 e. The Balaban J connectivity index is 1.89. The summed E-state index contributed by atoms with van der Waals surface area (Å²) in [5, 5.41) is 3.04. The summed E-state index contributed by atoms with van der Waals surface area (Å²) in [7, 11) is 0. The van der Waals surface area contributed by atoms with E-state index in [4.69, 9.17) is 0 Å². The average molecular weight is 403 g/mol. The summed E-state index contributed by atoms with van der Waals surface area (Å²) in [6, 6.07) is 5.83. The Bertz CT molecular complexity index is 1120. The summed E-state index contributed by atoms with van der Waals surface area (Å²) in [6.07, 6.45) is 2.23. The van der Waals surface area contributed by atoms with Gasteiger partial charge in [0, 0.05) is 18.0 Å². The molecule has 0 fully saturated rings. The van der Waals surface area contributed by atoms with Gasteiger partial charge in [-0.05, 0) is 23.1 Å². The molecule has 2 heterocycles. The van der Waals surface area contributed by atoms with E-state index in [9.17, 15) is 23.2 Å². The van der Waals surface area contributed by atoms with Crippen molar-refractivity contribution in [2.45, 2.75) is 32.8 Å². The fourth-order valence-corrected chi connectivity index (χ4v) is 4.19. The molecule has 9 heteroatoms. The summed E-state index contributed by atoms with van der Waals surface area (Å²) in [6.45, 7) is 0.902. The number of ketones is 1. The maximum atomic E-state index is 13.0. The third-order valence-electron chi connectivity index (χ3n) is 5.22. The summed E-state index contributed by atoms with van der Waals surface area (Å²) >= 11 is 0. The number of fused-ring (bicyclic) bond motifs is 2. The van der Waals surface area contributed by atoms with Gasteiger partial charge in [0.25, 0.3) is 5.56 Å². The van der Waals surface area contributed by atoms with Crippen LogP contribution >= 0.6 is 0 Å². The van der Waals surface area contributed by atoms with Gasteiger partial charge in [-0.3, -0.25) is 19.6 Å². The van der Waals surface area contributed by atoms with Crippen LogP contribution in [0.3, 0.4) is 0 Å². The number of aromatic amines is 2. The smallest absolute Gasteiger partial charge is 0.387 e. The minimum atomic E-state index is -2.95. The van der Waals surface area contributed by atoms with Gasteiger partial charge < -0.3 is 10.1 Å². The number of halogens is 2. The van der Waals surface area contributed by atoms with Gasteiger partial charge in [0.2, 0.25) is 0 Å². The Kier molecular flexibility index (Phi) is 4.40. The summed E-state index contributed by atoms with van der Waals surface area (Å²) in [5.41, 5.74) is -0.239. The van der Waals surface area contributed by atoms with Crippen LogP contribution in [0.25, 0.3) is 0 Å². The van der Waals surface area contributed by atoms with E-state index in [1.807, 2.05) is 19.9 Å². The lowest BCUT2D eigenvalue weighted by molar-refractivity contribution is -0.124. The van der Waals surface area contributed by atoms with Crippen LogP contribution in [0.2, 0.25) is 0 Å². The number of carbonyl (C=O) groups excluding carboxylic acids is 1. The molecule has 4 rings (SSSR count). The second-order valence-electron chi connectivity index (χ2n) is 7.96. The summed E-state index contributed by atoms with van der Waals surface area (Å²) in [5.74, 6) is -1.18. The second-order valence-corrected chi connectivity index (χ2v) is 7.96. The highest BCUT2D eigenvalue weighted by Crippen LogP contribution is 2.47. The Morgan fingerprint density at radius 3 is 2.41 bits per heavy atom. The van der Waals surface area contributed by atoms with Gasteiger partial charge in [0.15, 0.2) is 0 Å². The fourth-order valence-electron chi connectivity index (χ4n) is 4.19. The molecule has 2 aromatic rings. The number of anilines is 1. The number of Topliss-reactive ketones (excluding diaryl/α,β-unsaturated/α-hetero) is 1. The largest absolute Gasteiger partial charge is 0.435 e. The van der Waals surface area contributed by atoms with E-state index in [1.54, 1.807) is 12.1 Å². The van der Waals surface area contributed by atoms with Crippen molar-refractivity contribution in [3.63, 3.8) is 0 Å². The van der Waals surface area contributed by atoms with Crippen LogP contribution in [0.15, 0.2) is 45.6 Å². The van der Waals surface area contributed by atoms with Crippen molar-refractivity contribution in [1.82, 2.24) is 9.97 Å². The van der Waals surface area contributed by atoms with Crippen molar-refractivity contribution < 1.29 is 18.3 Å². The predicted molar refractivity (Wildman–Crippen MR) is 101 cm³/mol. The van der Waals surface area contributed by atoms with Crippen molar-refractivity contribution in [3.8, 4) is 5.75 Å². The molecule has 0 amide bonds. The van der Waals surface area contributed by atoms with E-state index in [-0.39, 0.29) is 28.3 Å². The van der Waals surface area contributed by atoms with Gasteiger partial charge in [0.05, 0.1) is 11.5 Å². The summed E-state index contributed by atoms with van der Waals surface area (Å²) < 4.78 is 29.3. The quantitative estimate of drug-likeness (QED) is 0.731. The van der Waals surface area contributed by atoms with E-state index < -0.39 is 29.7 Å². The number of nitrogens with one attached hydrogen (secondary N) is 3. The average Bonchev–Trinajstić information content (AvgIpc) is 2.58. The van der Waals surface area contributed by atoms with Crippen LogP contribution in [0.4, 0.5) is 14.6 Å². The topological polar surface area (TPSA) is 104 Å². The number of aromatic nitrogens is 2. The number of benzene rings is 1. The Labute approximate surface area is 163 Å². The van der Waals surface area contributed by atoms with E-state index in [0.29, 0.717) is 17.7 Å². The van der Waals surface area contributed by atoms with Gasteiger partial charge in [-0.2, -0.15) is 8.78 Å². The lowest BCUT2D eigenvalue weighted by Gasteiger charge is -2.40. The Hall–Kier alpha value is -3.23. The molecule has 1 aromatic heterocycles. The molecule has 2 unspecified atom stereocenters. The van der Waals surface area contributed by atoms with Crippen LogP contribution in [0.5, 0.6) is 5.75 Å². The van der Waals surface area contributed by atoms with Crippen molar-refractivity contribution in [2.24, 2.45) is 11.3 Å². The minimum absolute atomic E-state index is 0.0276. The highest BCUT2D eigenvalue weighted by atomic mass is 19.3. The van der Waals surface area contributed by atoms with Crippen LogP contribution in [0.1, 0.15) is 37.3 Å². The van der Waals surface area contributed by atoms with Crippen molar-refractivity contribution in [1.29, 1.82) is 0 Å². The highest BCUT2D eigenvalue weighted by Gasteiger charge is 2.45. The lowest BCUT2D eigenvalue weighted by Crippen LogP contribution is -2.43. The van der Waals surface area contributed by atoms with Gasteiger partial charge in [-0.15, -0.1) is 0 Å². The van der Waals surface area contributed by atoms with E-state index >= 15 is 0 Å². The molecule has 1 aliphatic heterocycles. The number of hydrogen-bond donors (Lipinski definition) is 3. The van der Waals surface area contributed by atoms with Gasteiger partial charge in [0.1, 0.15) is 17.4 Å². The Morgan fingerprint density at radius 2 is 1.76 bits per heavy atom. The molecular weight excluding hydrogens is 384 g/mol. The highest BCUT2D eigenvalue weighted by molar-refractivity contribution is 5.90. The van der Waals surface area contributed by atoms with E-state index in [2.05, 4.69) is 20.0 Å². The van der Waals surface area contributed by atoms with Gasteiger partial charge in [-0.1, -0.05) is 32.1 Å². The molecule has 0 bridgehead atoms. The van der Waals surface area contributed by atoms with Crippen LogP contribution < -0.4 is 21.3 Å².